The molecule has 0 aliphatic carbocycles. The predicted molar refractivity (Wildman–Crippen MR) is 87.2 cm³/mol. The molecule has 1 fully saturated rings. The van der Waals surface area contributed by atoms with Crippen LogP contribution in [0.2, 0.25) is 0 Å². The molecule has 0 N–H and O–H groups in total. The van der Waals surface area contributed by atoms with E-state index in [-0.39, 0.29) is 5.41 Å². The van der Waals surface area contributed by atoms with Crippen LogP contribution in [0.1, 0.15) is 48.0 Å². The minimum Gasteiger partial charge on any atom is -0.380 e. The Morgan fingerprint density at radius 3 is 1.70 bits per heavy atom. The molecule has 0 saturated carbocycles. The third-order valence-corrected chi connectivity index (χ3v) is 3.73. The zero-order chi connectivity index (χ0) is 15.2. The quantitative estimate of drug-likeness (QED) is 0.697. The Balaban J connectivity index is 2.07. The highest BCUT2D eigenvalue weighted by molar-refractivity contribution is 4.74. The molecule has 0 unspecified atom stereocenters. The molecule has 0 aromatic carbocycles. The summed E-state index contributed by atoms with van der Waals surface area (Å²) < 4.78 is 5.76. The van der Waals surface area contributed by atoms with Crippen LogP contribution in [0.5, 0.6) is 0 Å². The molecule has 1 heterocycles. The number of nitrogens with zero attached hydrogens (tertiary/aromatic N) is 2. The van der Waals surface area contributed by atoms with Gasteiger partial charge in [0.05, 0.1) is 13.2 Å². The van der Waals surface area contributed by atoms with Crippen LogP contribution in [0, 0.1) is 10.8 Å². The Kier molecular flexibility index (Phi) is 6.96. The van der Waals surface area contributed by atoms with Crippen LogP contribution < -0.4 is 0 Å². The summed E-state index contributed by atoms with van der Waals surface area (Å²) in [6.45, 7) is 22.6. The van der Waals surface area contributed by atoms with Gasteiger partial charge in [0, 0.05) is 32.7 Å². The van der Waals surface area contributed by atoms with Crippen molar-refractivity contribution in [1.29, 1.82) is 0 Å². The van der Waals surface area contributed by atoms with E-state index < -0.39 is 0 Å². The van der Waals surface area contributed by atoms with Crippen molar-refractivity contribution in [3.8, 4) is 0 Å². The predicted octanol–water partition coefficient (Wildman–Crippen LogP) is 3.10. The Morgan fingerprint density at radius 2 is 1.25 bits per heavy atom. The van der Waals surface area contributed by atoms with E-state index in [4.69, 9.17) is 4.74 Å². The van der Waals surface area contributed by atoms with E-state index in [1.165, 1.54) is 39.1 Å². The molecule has 0 radical (unpaired) electrons. The molecule has 1 rings (SSSR count). The van der Waals surface area contributed by atoms with E-state index in [0.717, 1.165) is 19.8 Å². The summed E-state index contributed by atoms with van der Waals surface area (Å²) in [5.74, 6) is 0. The van der Waals surface area contributed by atoms with E-state index in [9.17, 15) is 0 Å². The molecule has 0 atom stereocenters. The van der Waals surface area contributed by atoms with Crippen molar-refractivity contribution in [2.45, 2.75) is 48.0 Å². The second-order valence-electron chi connectivity index (χ2n) is 8.61. The molecular weight excluding hydrogens is 248 g/mol. The van der Waals surface area contributed by atoms with Crippen molar-refractivity contribution >= 4 is 0 Å². The van der Waals surface area contributed by atoms with Crippen LogP contribution in [-0.2, 0) is 4.74 Å². The van der Waals surface area contributed by atoms with E-state index in [1.807, 2.05) is 0 Å². The fraction of sp³-hybridized carbons (Fsp3) is 1.00. The van der Waals surface area contributed by atoms with Crippen molar-refractivity contribution in [1.82, 2.24) is 9.80 Å². The van der Waals surface area contributed by atoms with Gasteiger partial charge in [0.25, 0.3) is 0 Å². The normalized spacial score (nSPS) is 19.5. The molecule has 20 heavy (non-hydrogen) atoms. The second-order valence-corrected chi connectivity index (χ2v) is 8.61. The van der Waals surface area contributed by atoms with Gasteiger partial charge in [0.1, 0.15) is 0 Å². The third kappa shape index (κ3) is 8.93. The monoisotopic (exact) mass is 284 g/mol. The van der Waals surface area contributed by atoms with Gasteiger partial charge in [-0.3, -0.25) is 4.90 Å². The summed E-state index contributed by atoms with van der Waals surface area (Å²) in [7, 11) is 0. The number of hydrogen-bond acceptors (Lipinski definition) is 3. The van der Waals surface area contributed by atoms with Gasteiger partial charge in [0.15, 0.2) is 0 Å². The number of ether oxygens (including phenoxy) is 1. The first-order valence-electron chi connectivity index (χ1n) is 8.18. The summed E-state index contributed by atoms with van der Waals surface area (Å²) in [5, 5.41) is 0. The minimum absolute atomic E-state index is 0.283. The van der Waals surface area contributed by atoms with Crippen molar-refractivity contribution in [3.63, 3.8) is 0 Å². The van der Waals surface area contributed by atoms with Gasteiger partial charge in [-0.2, -0.15) is 0 Å². The van der Waals surface area contributed by atoms with E-state index in [0.29, 0.717) is 5.41 Å². The van der Waals surface area contributed by atoms with Crippen LogP contribution >= 0.6 is 0 Å². The summed E-state index contributed by atoms with van der Waals surface area (Å²) in [4.78, 5) is 5.15. The second kappa shape index (κ2) is 7.77. The zero-order valence-electron chi connectivity index (χ0n) is 14.7. The topological polar surface area (TPSA) is 15.7 Å². The average molecular weight is 284 g/mol. The van der Waals surface area contributed by atoms with Gasteiger partial charge in [-0.25, -0.2) is 0 Å². The number of piperazine rings is 1. The van der Waals surface area contributed by atoms with Gasteiger partial charge in [0.2, 0.25) is 0 Å². The van der Waals surface area contributed by atoms with E-state index in [1.54, 1.807) is 0 Å². The lowest BCUT2D eigenvalue weighted by Crippen LogP contribution is -2.47. The molecule has 0 amide bonds. The van der Waals surface area contributed by atoms with E-state index >= 15 is 0 Å². The Labute approximate surface area is 126 Å². The Morgan fingerprint density at radius 1 is 0.750 bits per heavy atom. The first kappa shape index (κ1) is 17.9. The van der Waals surface area contributed by atoms with Gasteiger partial charge >= 0.3 is 0 Å². The highest BCUT2D eigenvalue weighted by Crippen LogP contribution is 2.19. The van der Waals surface area contributed by atoms with Gasteiger partial charge in [-0.1, -0.05) is 41.5 Å². The lowest BCUT2D eigenvalue weighted by atomic mass is 9.92. The average Bonchev–Trinajstić information content (AvgIpc) is 2.31. The lowest BCUT2D eigenvalue weighted by molar-refractivity contribution is 0.0414. The van der Waals surface area contributed by atoms with Crippen LogP contribution in [0.25, 0.3) is 0 Å². The van der Waals surface area contributed by atoms with Crippen LogP contribution in [0.3, 0.4) is 0 Å². The van der Waals surface area contributed by atoms with Crippen LogP contribution in [0.4, 0.5) is 0 Å². The maximum absolute atomic E-state index is 5.76. The maximum atomic E-state index is 5.76. The third-order valence-electron chi connectivity index (χ3n) is 3.73. The molecule has 1 saturated heterocycles. The summed E-state index contributed by atoms with van der Waals surface area (Å²) >= 11 is 0. The van der Waals surface area contributed by atoms with Gasteiger partial charge < -0.3 is 9.64 Å². The Bertz CT molecular complexity index is 257. The molecule has 1 aliphatic heterocycles. The van der Waals surface area contributed by atoms with Crippen molar-refractivity contribution in [3.05, 3.63) is 0 Å². The minimum atomic E-state index is 0.283. The fourth-order valence-corrected chi connectivity index (χ4v) is 2.30. The van der Waals surface area contributed by atoms with Crippen molar-refractivity contribution in [2.75, 3.05) is 52.5 Å². The number of rotatable bonds is 6. The molecule has 1 aliphatic rings. The Hall–Kier alpha value is -0.120. The molecule has 0 bridgehead atoms. The van der Waals surface area contributed by atoms with Gasteiger partial charge in [-0.05, 0) is 23.8 Å². The molecule has 3 nitrogen and oxygen atoms in total. The summed E-state index contributed by atoms with van der Waals surface area (Å²) in [5.41, 5.74) is 0.740. The summed E-state index contributed by atoms with van der Waals surface area (Å²) in [6.07, 6.45) is 1.29. The molecule has 0 aromatic rings. The largest absolute Gasteiger partial charge is 0.380 e. The number of hydrogen-bond donors (Lipinski definition) is 0. The zero-order valence-corrected chi connectivity index (χ0v) is 14.7. The molecular formula is C17H36N2O. The SMILES string of the molecule is CC(C)(C)CCN1CCN(CCOCC(C)(C)C)CC1. The van der Waals surface area contributed by atoms with Crippen LogP contribution in [0.15, 0.2) is 0 Å². The van der Waals surface area contributed by atoms with Gasteiger partial charge in [-0.15, -0.1) is 0 Å². The smallest absolute Gasteiger partial charge is 0.0593 e. The highest BCUT2D eigenvalue weighted by atomic mass is 16.5. The summed E-state index contributed by atoms with van der Waals surface area (Å²) in [6, 6.07) is 0. The highest BCUT2D eigenvalue weighted by Gasteiger charge is 2.19. The van der Waals surface area contributed by atoms with Crippen molar-refractivity contribution < 1.29 is 4.74 Å². The molecule has 120 valence electrons. The standard InChI is InChI=1S/C17H36N2O/c1-16(2,3)7-8-18-9-11-19(12-10-18)13-14-20-15-17(4,5)6/h7-15H2,1-6H3. The van der Waals surface area contributed by atoms with E-state index in [2.05, 4.69) is 51.3 Å². The lowest BCUT2D eigenvalue weighted by Gasteiger charge is -2.36. The maximum Gasteiger partial charge on any atom is 0.0593 e. The van der Waals surface area contributed by atoms with Crippen LogP contribution in [-0.4, -0.2) is 62.3 Å². The van der Waals surface area contributed by atoms with Crippen molar-refractivity contribution in [2.24, 2.45) is 10.8 Å². The molecule has 0 aromatic heterocycles. The molecule has 3 heteroatoms. The molecule has 0 spiro atoms. The first-order valence-corrected chi connectivity index (χ1v) is 8.18. The first-order chi connectivity index (χ1) is 9.16. The fourth-order valence-electron chi connectivity index (χ4n) is 2.30.